The van der Waals surface area contributed by atoms with Crippen LogP contribution in [0, 0.1) is 31.1 Å². The molecule has 2 aliphatic rings. The summed E-state index contributed by atoms with van der Waals surface area (Å²) in [5.74, 6) is 2.01. The van der Waals surface area contributed by atoms with Crippen molar-refractivity contribution in [2.75, 3.05) is 67.1 Å². The molecule has 1 saturated carbocycles. The molecule has 3 rings (SSSR count). The van der Waals surface area contributed by atoms with Crippen molar-refractivity contribution >= 4 is 16.9 Å². The van der Waals surface area contributed by atoms with E-state index >= 15 is 0 Å². The van der Waals surface area contributed by atoms with Crippen LogP contribution < -0.4 is 4.74 Å². The summed E-state index contributed by atoms with van der Waals surface area (Å²) in [6.07, 6.45) is 3.77. The van der Waals surface area contributed by atoms with Crippen molar-refractivity contribution in [1.82, 2.24) is 14.1 Å². The molecule has 0 radical (unpaired) electrons. The van der Waals surface area contributed by atoms with Crippen molar-refractivity contribution in [3.63, 3.8) is 0 Å². The normalized spacial score (nSPS) is 22.7. The average Bonchev–Trinajstić information content (AvgIpc) is 3.05. The summed E-state index contributed by atoms with van der Waals surface area (Å²) < 4.78 is 25.8. The number of aryl methyl sites for hydroxylation is 2. The van der Waals surface area contributed by atoms with Crippen LogP contribution in [-0.2, 0) is 20.5 Å². The maximum Gasteiger partial charge on any atom is 0.248 e. The topological polar surface area (TPSA) is 62.3 Å². The first-order valence-electron chi connectivity index (χ1n) is 12.9. The number of hydrogen-bond acceptors (Lipinski definition) is 5. The van der Waals surface area contributed by atoms with E-state index in [0.717, 1.165) is 28.3 Å². The standard InChI is InChI=1S/C27H45N3O4S/c1-20-15-24(33-7)16-21(2)26(20)35(32)29(6)13-14-34-19-25(31)28(5)17-22-9-10-23(27(22,3)4)18-30-11-8-12-30/h15-16,22-23H,8-14,17-19H2,1-7H3/t22-,23?,35?/m1/s1. The molecule has 1 amide bonds. The highest BCUT2D eigenvalue weighted by Crippen LogP contribution is 2.48. The predicted octanol–water partition coefficient (Wildman–Crippen LogP) is 3.50. The number of rotatable bonds is 12. The third kappa shape index (κ3) is 6.85. The Labute approximate surface area is 214 Å². The van der Waals surface area contributed by atoms with Crippen molar-refractivity contribution < 1.29 is 18.5 Å². The summed E-state index contributed by atoms with van der Waals surface area (Å²) in [5.41, 5.74) is 2.12. The maximum atomic E-state index is 13.1. The Kier molecular flexibility index (Phi) is 9.77. The molecule has 1 aliphatic heterocycles. The number of likely N-dealkylation sites (N-methyl/N-ethyl adjacent to an activating group) is 2. The van der Waals surface area contributed by atoms with E-state index in [2.05, 4.69) is 18.7 Å². The van der Waals surface area contributed by atoms with Gasteiger partial charge >= 0.3 is 0 Å². The van der Waals surface area contributed by atoms with E-state index in [9.17, 15) is 9.00 Å². The van der Waals surface area contributed by atoms with E-state index in [4.69, 9.17) is 9.47 Å². The fourth-order valence-electron chi connectivity index (χ4n) is 5.45. The molecule has 1 aliphatic carbocycles. The Hall–Kier alpha value is -1.48. The Balaban J connectivity index is 1.41. The lowest BCUT2D eigenvalue weighted by atomic mass is 9.75. The highest BCUT2D eigenvalue weighted by atomic mass is 32.2. The molecule has 2 unspecified atom stereocenters. The van der Waals surface area contributed by atoms with Gasteiger partial charge in [-0.25, -0.2) is 8.51 Å². The van der Waals surface area contributed by atoms with E-state index in [1.54, 1.807) is 11.4 Å². The highest BCUT2D eigenvalue weighted by molar-refractivity contribution is 7.82. The molecule has 1 heterocycles. The number of benzene rings is 1. The largest absolute Gasteiger partial charge is 0.497 e. The molecule has 3 atom stereocenters. The summed E-state index contributed by atoms with van der Waals surface area (Å²) >= 11 is 0. The minimum absolute atomic E-state index is 0.0117. The number of amides is 1. The number of hydrogen-bond donors (Lipinski definition) is 0. The van der Waals surface area contributed by atoms with Crippen LogP contribution in [0.4, 0.5) is 0 Å². The van der Waals surface area contributed by atoms with Crippen LogP contribution in [0.15, 0.2) is 17.0 Å². The molecule has 0 spiro atoms. The van der Waals surface area contributed by atoms with Crippen molar-refractivity contribution in [3.05, 3.63) is 23.3 Å². The van der Waals surface area contributed by atoms with Gasteiger partial charge in [0, 0.05) is 33.7 Å². The molecule has 1 aromatic rings. The van der Waals surface area contributed by atoms with Crippen LogP contribution in [0.5, 0.6) is 5.75 Å². The summed E-state index contributed by atoms with van der Waals surface area (Å²) in [4.78, 5) is 17.9. The van der Waals surface area contributed by atoms with E-state index in [-0.39, 0.29) is 17.9 Å². The van der Waals surface area contributed by atoms with Gasteiger partial charge in [0.05, 0.1) is 18.6 Å². The molecule has 35 heavy (non-hydrogen) atoms. The maximum absolute atomic E-state index is 13.1. The smallest absolute Gasteiger partial charge is 0.248 e. The molecule has 2 fully saturated rings. The second-order valence-corrected chi connectivity index (χ2v) is 12.5. The van der Waals surface area contributed by atoms with Crippen LogP contribution in [0.1, 0.15) is 44.2 Å². The van der Waals surface area contributed by atoms with Crippen molar-refractivity contribution in [3.8, 4) is 5.75 Å². The molecule has 0 aromatic heterocycles. The van der Waals surface area contributed by atoms with Gasteiger partial charge in [-0.1, -0.05) is 13.8 Å². The van der Waals surface area contributed by atoms with E-state index in [1.165, 1.54) is 38.9 Å². The van der Waals surface area contributed by atoms with Gasteiger partial charge < -0.3 is 19.3 Å². The summed E-state index contributed by atoms with van der Waals surface area (Å²) in [6.45, 7) is 14.0. The van der Waals surface area contributed by atoms with Gasteiger partial charge in [0.15, 0.2) is 0 Å². The quantitative estimate of drug-likeness (QED) is 0.405. The fraction of sp³-hybridized carbons (Fsp3) is 0.741. The number of nitrogens with zero attached hydrogens (tertiary/aromatic N) is 3. The van der Waals surface area contributed by atoms with Crippen LogP contribution in [-0.4, -0.2) is 91.4 Å². The monoisotopic (exact) mass is 507 g/mol. The lowest BCUT2D eigenvalue weighted by Gasteiger charge is -2.40. The number of ether oxygens (including phenoxy) is 2. The van der Waals surface area contributed by atoms with E-state index in [1.807, 2.05) is 45.0 Å². The second-order valence-electron chi connectivity index (χ2n) is 11.0. The van der Waals surface area contributed by atoms with Crippen LogP contribution in [0.25, 0.3) is 0 Å². The number of likely N-dealkylation sites (tertiary alicyclic amines) is 1. The van der Waals surface area contributed by atoms with Gasteiger partial charge in [0.2, 0.25) is 5.91 Å². The van der Waals surface area contributed by atoms with Gasteiger partial charge in [-0.15, -0.1) is 0 Å². The minimum atomic E-state index is -1.30. The molecule has 7 nitrogen and oxygen atoms in total. The lowest BCUT2D eigenvalue weighted by molar-refractivity contribution is -0.135. The Morgan fingerprint density at radius 2 is 1.77 bits per heavy atom. The lowest BCUT2D eigenvalue weighted by Crippen LogP contribution is -2.44. The van der Waals surface area contributed by atoms with Gasteiger partial charge in [0.1, 0.15) is 23.3 Å². The number of carbonyl (C=O) groups is 1. The zero-order valence-corrected chi connectivity index (χ0v) is 23.6. The Morgan fingerprint density at radius 3 is 2.34 bits per heavy atom. The Morgan fingerprint density at radius 1 is 1.14 bits per heavy atom. The summed E-state index contributed by atoms with van der Waals surface area (Å²) in [6, 6.07) is 3.80. The third-order valence-electron chi connectivity index (χ3n) is 8.22. The zero-order chi connectivity index (χ0) is 25.8. The summed E-state index contributed by atoms with van der Waals surface area (Å²) in [5, 5.41) is 0. The predicted molar refractivity (Wildman–Crippen MR) is 141 cm³/mol. The van der Waals surface area contributed by atoms with Crippen molar-refractivity contribution in [2.45, 2.75) is 51.9 Å². The summed E-state index contributed by atoms with van der Waals surface area (Å²) in [7, 11) is 4.03. The van der Waals surface area contributed by atoms with Crippen LogP contribution >= 0.6 is 0 Å². The first-order chi connectivity index (χ1) is 16.5. The molecule has 0 bridgehead atoms. The number of carbonyl (C=O) groups excluding carboxylic acids is 1. The molecule has 8 heteroatoms. The molecular weight excluding hydrogens is 462 g/mol. The zero-order valence-electron chi connectivity index (χ0n) is 22.8. The van der Waals surface area contributed by atoms with E-state index in [0.29, 0.717) is 25.0 Å². The first kappa shape index (κ1) is 28.1. The molecule has 0 N–H and O–H groups in total. The van der Waals surface area contributed by atoms with Gasteiger partial charge in [0.25, 0.3) is 0 Å². The molecule has 1 aromatic carbocycles. The molecular formula is C27H45N3O4S. The molecule has 198 valence electrons. The van der Waals surface area contributed by atoms with Crippen molar-refractivity contribution in [1.29, 1.82) is 0 Å². The van der Waals surface area contributed by atoms with Gasteiger partial charge in [-0.05, 0) is 86.7 Å². The SMILES string of the molecule is COc1cc(C)c(S(=O)N(C)CCOCC(=O)N(C)C[C@H]2CCC(CN3CCC3)C2(C)C)c(C)c1. The fourth-order valence-corrected chi connectivity index (χ4v) is 6.67. The highest BCUT2D eigenvalue weighted by Gasteiger charge is 2.44. The van der Waals surface area contributed by atoms with Crippen LogP contribution in [0.3, 0.4) is 0 Å². The first-order valence-corrected chi connectivity index (χ1v) is 14.0. The van der Waals surface area contributed by atoms with E-state index < -0.39 is 11.0 Å². The Bertz CT molecular complexity index is 879. The van der Waals surface area contributed by atoms with Gasteiger partial charge in [-0.2, -0.15) is 0 Å². The van der Waals surface area contributed by atoms with Crippen LogP contribution in [0.2, 0.25) is 0 Å². The van der Waals surface area contributed by atoms with Crippen molar-refractivity contribution in [2.24, 2.45) is 17.3 Å². The average molecular weight is 508 g/mol. The third-order valence-corrected chi connectivity index (χ3v) is 9.96. The molecule has 1 saturated heterocycles. The minimum Gasteiger partial charge on any atom is -0.497 e. The number of methoxy groups -OCH3 is 1. The second kappa shape index (κ2) is 12.2. The van der Waals surface area contributed by atoms with Gasteiger partial charge in [-0.3, -0.25) is 4.79 Å².